The fourth-order valence-corrected chi connectivity index (χ4v) is 1.97. The van der Waals surface area contributed by atoms with Gasteiger partial charge in [-0.25, -0.2) is 13.6 Å². The zero-order valence-electron chi connectivity index (χ0n) is 11.7. The maximum Gasteiger partial charge on any atom is 0.374 e. The zero-order valence-corrected chi connectivity index (χ0v) is 11.7. The van der Waals surface area contributed by atoms with Crippen molar-refractivity contribution in [2.24, 2.45) is 0 Å². The molecule has 0 saturated heterocycles. The summed E-state index contributed by atoms with van der Waals surface area (Å²) in [5, 5.41) is 3.05. The van der Waals surface area contributed by atoms with Crippen LogP contribution < -0.4 is 5.32 Å². The Hall–Kier alpha value is -2.21. The molecule has 21 heavy (non-hydrogen) atoms. The van der Waals surface area contributed by atoms with Gasteiger partial charge in [0.2, 0.25) is 5.76 Å². The number of hydrogen-bond donors (Lipinski definition) is 1. The highest BCUT2D eigenvalue weighted by molar-refractivity contribution is 5.87. The fraction of sp³-hybridized carbons (Fsp3) is 0.267. The van der Waals surface area contributed by atoms with Crippen LogP contribution in [-0.4, -0.2) is 13.1 Å². The van der Waals surface area contributed by atoms with Crippen LogP contribution in [-0.2, 0) is 11.3 Å². The Morgan fingerprint density at radius 2 is 2.14 bits per heavy atom. The van der Waals surface area contributed by atoms with Crippen LogP contribution in [0.5, 0.6) is 0 Å². The molecule has 1 N–H and O–H groups in total. The van der Waals surface area contributed by atoms with E-state index in [1.54, 1.807) is 13.0 Å². The molecule has 0 unspecified atom stereocenters. The van der Waals surface area contributed by atoms with Gasteiger partial charge in [-0.3, -0.25) is 0 Å². The lowest BCUT2D eigenvalue weighted by atomic mass is 10.1. The second-order valence-electron chi connectivity index (χ2n) is 4.53. The van der Waals surface area contributed by atoms with Crippen molar-refractivity contribution in [1.82, 2.24) is 5.32 Å². The van der Waals surface area contributed by atoms with Crippen LogP contribution >= 0.6 is 0 Å². The molecule has 0 saturated carbocycles. The molecule has 0 aliphatic heterocycles. The molecule has 1 aromatic carbocycles. The number of carbonyl (C=O) groups excluding carboxylic acids is 1. The van der Waals surface area contributed by atoms with Crippen LogP contribution in [0.3, 0.4) is 0 Å². The van der Waals surface area contributed by atoms with E-state index in [2.05, 4.69) is 10.1 Å². The van der Waals surface area contributed by atoms with Gasteiger partial charge in [-0.05, 0) is 19.1 Å². The van der Waals surface area contributed by atoms with Gasteiger partial charge in [0.15, 0.2) is 0 Å². The van der Waals surface area contributed by atoms with Crippen molar-refractivity contribution in [2.45, 2.75) is 19.5 Å². The van der Waals surface area contributed by atoms with Gasteiger partial charge < -0.3 is 14.5 Å². The first-order valence-electron chi connectivity index (χ1n) is 6.36. The predicted octanol–water partition coefficient (Wildman–Crippen LogP) is 3.20. The number of esters is 1. The van der Waals surface area contributed by atoms with E-state index in [9.17, 15) is 13.6 Å². The number of halogens is 2. The molecule has 2 rings (SSSR count). The summed E-state index contributed by atoms with van der Waals surface area (Å²) in [7, 11) is 1.26. The van der Waals surface area contributed by atoms with Crippen molar-refractivity contribution in [2.75, 3.05) is 7.11 Å². The summed E-state index contributed by atoms with van der Waals surface area (Å²) in [5.41, 5.74) is 0.954. The molecule has 112 valence electrons. The molecule has 6 heteroatoms. The lowest BCUT2D eigenvalue weighted by Gasteiger charge is -2.14. The Kier molecular flexibility index (Phi) is 4.70. The number of benzene rings is 1. The zero-order chi connectivity index (χ0) is 15.4. The summed E-state index contributed by atoms with van der Waals surface area (Å²) in [6, 6.07) is 4.71. The van der Waals surface area contributed by atoms with Gasteiger partial charge in [0, 0.05) is 29.8 Å². The fourth-order valence-electron chi connectivity index (χ4n) is 1.97. The van der Waals surface area contributed by atoms with Crippen molar-refractivity contribution in [3.05, 3.63) is 59.1 Å². The van der Waals surface area contributed by atoms with Crippen LogP contribution in [0.4, 0.5) is 8.78 Å². The van der Waals surface area contributed by atoms with E-state index in [0.29, 0.717) is 17.7 Å². The summed E-state index contributed by atoms with van der Waals surface area (Å²) in [5.74, 6) is -1.70. The molecule has 0 aliphatic carbocycles. The average molecular weight is 295 g/mol. The van der Waals surface area contributed by atoms with Crippen molar-refractivity contribution in [3.63, 3.8) is 0 Å². The SMILES string of the molecule is COC(=O)c1occc1CN[C@@H](C)c1ccc(F)cc1F. The second-order valence-corrected chi connectivity index (χ2v) is 4.53. The third-order valence-electron chi connectivity index (χ3n) is 3.15. The van der Waals surface area contributed by atoms with E-state index >= 15 is 0 Å². The Morgan fingerprint density at radius 1 is 1.38 bits per heavy atom. The van der Waals surface area contributed by atoms with Crippen molar-refractivity contribution in [1.29, 1.82) is 0 Å². The van der Waals surface area contributed by atoms with Crippen molar-refractivity contribution >= 4 is 5.97 Å². The smallest absolute Gasteiger partial charge is 0.374 e. The van der Waals surface area contributed by atoms with Crippen LogP contribution in [0.25, 0.3) is 0 Å². The monoisotopic (exact) mass is 295 g/mol. The summed E-state index contributed by atoms with van der Waals surface area (Å²) in [6.07, 6.45) is 1.38. The number of carbonyl (C=O) groups is 1. The van der Waals surface area contributed by atoms with Crippen LogP contribution in [0, 0.1) is 11.6 Å². The minimum Gasteiger partial charge on any atom is -0.463 e. The van der Waals surface area contributed by atoms with E-state index in [-0.39, 0.29) is 11.8 Å². The number of rotatable bonds is 5. The molecule has 0 spiro atoms. The molecule has 2 aromatic rings. The highest BCUT2D eigenvalue weighted by Crippen LogP contribution is 2.19. The summed E-state index contributed by atoms with van der Waals surface area (Å²) in [6.45, 7) is 2.03. The molecular weight excluding hydrogens is 280 g/mol. The highest BCUT2D eigenvalue weighted by Gasteiger charge is 2.17. The number of furan rings is 1. The molecule has 0 fully saturated rings. The topological polar surface area (TPSA) is 51.5 Å². The van der Waals surface area contributed by atoms with E-state index in [1.807, 2.05) is 0 Å². The maximum atomic E-state index is 13.7. The standard InChI is InChI=1S/C15H15F2NO3/c1-9(12-4-3-11(16)7-13(12)17)18-8-10-5-6-21-14(10)15(19)20-2/h3-7,9,18H,8H2,1-2H3/t9-/m0/s1. The predicted molar refractivity (Wildman–Crippen MR) is 71.7 cm³/mol. The molecule has 0 amide bonds. The third-order valence-corrected chi connectivity index (χ3v) is 3.15. The Labute approximate surface area is 120 Å². The van der Waals surface area contributed by atoms with Crippen LogP contribution in [0.15, 0.2) is 34.9 Å². The Bertz CT molecular complexity index is 640. The van der Waals surface area contributed by atoms with Crippen LogP contribution in [0.1, 0.15) is 34.6 Å². The summed E-state index contributed by atoms with van der Waals surface area (Å²) < 4.78 is 36.2. The second kappa shape index (κ2) is 6.49. The molecule has 0 bridgehead atoms. The minimum atomic E-state index is -0.619. The first-order chi connectivity index (χ1) is 10.0. The quantitative estimate of drug-likeness (QED) is 0.861. The largest absolute Gasteiger partial charge is 0.463 e. The van der Waals surface area contributed by atoms with Gasteiger partial charge in [0.25, 0.3) is 0 Å². The summed E-state index contributed by atoms with van der Waals surface area (Å²) >= 11 is 0. The first-order valence-corrected chi connectivity index (χ1v) is 6.36. The normalized spacial score (nSPS) is 12.2. The molecule has 1 atom stereocenters. The number of hydrogen-bond acceptors (Lipinski definition) is 4. The van der Waals surface area contributed by atoms with Crippen molar-refractivity contribution in [3.8, 4) is 0 Å². The molecule has 1 aromatic heterocycles. The number of ether oxygens (including phenoxy) is 1. The van der Waals surface area contributed by atoms with E-state index in [4.69, 9.17) is 4.42 Å². The number of methoxy groups -OCH3 is 1. The molecule has 4 nitrogen and oxygen atoms in total. The van der Waals surface area contributed by atoms with Gasteiger partial charge in [0.05, 0.1) is 13.4 Å². The lowest BCUT2D eigenvalue weighted by Crippen LogP contribution is -2.20. The first kappa shape index (κ1) is 15.2. The van der Waals surface area contributed by atoms with Gasteiger partial charge in [-0.1, -0.05) is 6.07 Å². The average Bonchev–Trinajstić information content (AvgIpc) is 2.92. The minimum absolute atomic E-state index is 0.108. The van der Waals surface area contributed by atoms with E-state index in [1.165, 1.54) is 25.5 Å². The lowest BCUT2D eigenvalue weighted by molar-refractivity contribution is 0.0563. The Morgan fingerprint density at radius 3 is 2.81 bits per heavy atom. The maximum absolute atomic E-state index is 13.7. The molecule has 1 heterocycles. The highest BCUT2D eigenvalue weighted by atomic mass is 19.1. The molecule has 0 aliphatic rings. The van der Waals surface area contributed by atoms with Gasteiger partial charge >= 0.3 is 5.97 Å². The van der Waals surface area contributed by atoms with Crippen LogP contribution in [0.2, 0.25) is 0 Å². The third kappa shape index (κ3) is 3.46. The number of nitrogens with one attached hydrogen (secondary N) is 1. The molecule has 0 radical (unpaired) electrons. The van der Waals surface area contributed by atoms with E-state index < -0.39 is 17.6 Å². The van der Waals surface area contributed by atoms with E-state index in [0.717, 1.165) is 6.07 Å². The van der Waals surface area contributed by atoms with Gasteiger partial charge in [0.1, 0.15) is 11.6 Å². The van der Waals surface area contributed by atoms with Crippen molar-refractivity contribution < 1.29 is 22.7 Å². The Balaban J connectivity index is 2.06. The molecular formula is C15H15F2NO3. The van der Waals surface area contributed by atoms with Gasteiger partial charge in [-0.15, -0.1) is 0 Å². The summed E-state index contributed by atoms with van der Waals surface area (Å²) in [4.78, 5) is 11.5. The van der Waals surface area contributed by atoms with Gasteiger partial charge in [-0.2, -0.15) is 0 Å².